The molecule has 7 nitrogen and oxygen atoms in total. The first-order chi connectivity index (χ1) is 9.73. The van der Waals surface area contributed by atoms with Gasteiger partial charge in [0.1, 0.15) is 5.82 Å². The maximum absolute atomic E-state index is 14.5. The van der Waals surface area contributed by atoms with Crippen molar-refractivity contribution in [1.29, 1.82) is 0 Å². The van der Waals surface area contributed by atoms with Gasteiger partial charge in [-0.1, -0.05) is 13.8 Å². The summed E-state index contributed by atoms with van der Waals surface area (Å²) in [6.07, 6.45) is -0.454. The second-order valence-corrected chi connectivity index (χ2v) is 4.40. The fourth-order valence-electron chi connectivity index (χ4n) is 2.26. The molecule has 0 heterocycles. The van der Waals surface area contributed by atoms with Gasteiger partial charge in [-0.3, -0.25) is 19.7 Å². The van der Waals surface area contributed by atoms with Crippen molar-refractivity contribution in [2.24, 2.45) is 0 Å². The van der Waals surface area contributed by atoms with Crippen LogP contribution in [-0.4, -0.2) is 27.1 Å². The molecule has 2 N–H and O–H groups in total. The lowest BCUT2D eigenvalue weighted by atomic mass is 9.77. The number of benzene rings is 1. The lowest BCUT2D eigenvalue weighted by Gasteiger charge is -2.24. The van der Waals surface area contributed by atoms with E-state index >= 15 is 0 Å². The number of carbonyl (C=O) groups is 2. The number of nitro benzene ring substituents is 1. The summed E-state index contributed by atoms with van der Waals surface area (Å²) < 4.78 is 14.5. The maximum atomic E-state index is 14.5. The zero-order chi connectivity index (χ0) is 16.4. The number of aliphatic carboxylic acids is 2. The molecule has 0 saturated heterocycles. The molecule has 1 aromatic carbocycles. The number of halogens is 1. The number of hydrogen-bond acceptors (Lipinski definition) is 4. The lowest BCUT2D eigenvalue weighted by molar-refractivity contribution is -0.385. The number of carboxylic acids is 2. The Bertz CT molecular complexity index is 599. The minimum atomic E-state index is -2.47. The lowest BCUT2D eigenvalue weighted by Crippen LogP contribution is -2.44. The predicted octanol–water partition coefficient (Wildman–Crippen LogP) is 2.11. The second kappa shape index (κ2) is 5.86. The maximum Gasteiger partial charge on any atom is 0.325 e. The van der Waals surface area contributed by atoms with E-state index in [9.17, 15) is 34.3 Å². The Kier molecular flexibility index (Phi) is 4.62. The number of rotatable bonds is 6. The van der Waals surface area contributed by atoms with Gasteiger partial charge in [-0.05, 0) is 18.9 Å². The average Bonchev–Trinajstić information content (AvgIpc) is 2.40. The van der Waals surface area contributed by atoms with Crippen LogP contribution in [-0.2, 0) is 21.4 Å². The quantitative estimate of drug-likeness (QED) is 0.472. The van der Waals surface area contributed by atoms with Crippen molar-refractivity contribution in [3.8, 4) is 0 Å². The molecule has 0 aliphatic carbocycles. The Morgan fingerprint density at radius 2 is 1.81 bits per heavy atom. The number of hydrogen-bond donors (Lipinski definition) is 2. The van der Waals surface area contributed by atoms with E-state index in [-0.39, 0.29) is 12.0 Å². The molecule has 0 aromatic heterocycles. The molecule has 0 aliphatic heterocycles. The van der Waals surface area contributed by atoms with E-state index < -0.39 is 45.8 Å². The van der Waals surface area contributed by atoms with Crippen LogP contribution in [0, 0.1) is 15.9 Å². The Hall–Kier alpha value is -2.51. The van der Waals surface area contributed by atoms with Gasteiger partial charge in [0.2, 0.25) is 0 Å². The largest absolute Gasteiger partial charge is 0.480 e. The molecule has 0 atom stereocenters. The van der Waals surface area contributed by atoms with E-state index in [1.54, 1.807) is 0 Å². The summed E-state index contributed by atoms with van der Waals surface area (Å²) in [4.78, 5) is 32.8. The molecule has 0 radical (unpaired) electrons. The first kappa shape index (κ1) is 16.5. The van der Waals surface area contributed by atoms with E-state index in [4.69, 9.17) is 0 Å². The molecule has 0 fully saturated rings. The van der Waals surface area contributed by atoms with Crippen molar-refractivity contribution in [2.75, 3.05) is 0 Å². The van der Waals surface area contributed by atoms with Crippen molar-refractivity contribution in [2.45, 2.75) is 32.1 Å². The molecule has 0 saturated carbocycles. The number of carboxylic acid groups (broad SMARTS) is 2. The Morgan fingerprint density at radius 3 is 2.14 bits per heavy atom. The van der Waals surface area contributed by atoms with Gasteiger partial charge in [-0.25, -0.2) is 4.39 Å². The highest BCUT2D eigenvalue weighted by Crippen LogP contribution is 2.35. The third-order valence-electron chi connectivity index (χ3n) is 3.49. The minimum absolute atomic E-state index is 0.0605. The van der Waals surface area contributed by atoms with Gasteiger partial charge in [0, 0.05) is 11.6 Å². The standard InChI is InChI=1S/C13H14FNO6/c1-3-7-9(15(20)21)6-5-8(10(7)14)13(4-2,11(16)17)12(18)19/h5-6H,3-4H2,1-2H3,(H,16,17)(H,18,19). The Labute approximate surface area is 119 Å². The van der Waals surface area contributed by atoms with Crippen molar-refractivity contribution >= 4 is 17.6 Å². The molecular weight excluding hydrogens is 285 g/mol. The summed E-state index contributed by atoms with van der Waals surface area (Å²) in [5.41, 5.74) is -3.85. The first-order valence-corrected chi connectivity index (χ1v) is 6.17. The van der Waals surface area contributed by atoms with E-state index in [0.29, 0.717) is 0 Å². The van der Waals surface area contributed by atoms with Crippen LogP contribution in [0.1, 0.15) is 31.4 Å². The van der Waals surface area contributed by atoms with Crippen LogP contribution in [0.5, 0.6) is 0 Å². The molecule has 0 spiro atoms. The smallest absolute Gasteiger partial charge is 0.325 e. The summed E-state index contributed by atoms with van der Waals surface area (Å²) in [7, 11) is 0. The number of nitrogens with zero attached hydrogens (tertiary/aromatic N) is 1. The monoisotopic (exact) mass is 299 g/mol. The van der Waals surface area contributed by atoms with Gasteiger partial charge in [0.15, 0.2) is 5.41 Å². The summed E-state index contributed by atoms with van der Waals surface area (Å²) in [5, 5.41) is 29.3. The van der Waals surface area contributed by atoms with Crippen LogP contribution in [0.2, 0.25) is 0 Å². The highest BCUT2D eigenvalue weighted by Gasteiger charge is 2.49. The fourth-order valence-corrected chi connectivity index (χ4v) is 2.26. The van der Waals surface area contributed by atoms with Crippen LogP contribution in [0.3, 0.4) is 0 Å². The van der Waals surface area contributed by atoms with E-state index in [1.807, 2.05) is 0 Å². The molecular formula is C13H14FNO6. The number of nitro groups is 1. The summed E-state index contributed by atoms with van der Waals surface area (Å²) >= 11 is 0. The topological polar surface area (TPSA) is 118 Å². The van der Waals surface area contributed by atoms with Crippen molar-refractivity contribution in [3.05, 3.63) is 39.2 Å². The molecule has 1 aromatic rings. The van der Waals surface area contributed by atoms with Crippen LogP contribution in [0.4, 0.5) is 10.1 Å². The van der Waals surface area contributed by atoms with Crippen LogP contribution >= 0.6 is 0 Å². The first-order valence-electron chi connectivity index (χ1n) is 6.17. The molecule has 0 unspecified atom stereocenters. The summed E-state index contributed by atoms with van der Waals surface area (Å²) in [5.74, 6) is -4.59. The average molecular weight is 299 g/mol. The fraction of sp³-hybridized carbons (Fsp3) is 0.385. The summed E-state index contributed by atoms with van der Waals surface area (Å²) in [6.45, 7) is 2.76. The molecule has 114 valence electrons. The third-order valence-corrected chi connectivity index (χ3v) is 3.49. The van der Waals surface area contributed by atoms with E-state index in [0.717, 1.165) is 12.1 Å². The summed E-state index contributed by atoms with van der Waals surface area (Å²) in [6, 6.07) is 1.80. The molecule has 8 heteroatoms. The molecule has 0 aliphatic rings. The highest BCUT2D eigenvalue weighted by molar-refractivity contribution is 6.04. The highest BCUT2D eigenvalue weighted by atomic mass is 19.1. The zero-order valence-electron chi connectivity index (χ0n) is 11.4. The van der Waals surface area contributed by atoms with Crippen LogP contribution < -0.4 is 0 Å². The van der Waals surface area contributed by atoms with Gasteiger partial charge >= 0.3 is 11.9 Å². The predicted molar refractivity (Wildman–Crippen MR) is 69.7 cm³/mol. The normalized spacial score (nSPS) is 11.2. The van der Waals surface area contributed by atoms with Gasteiger partial charge in [0.25, 0.3) is 5.69 Å². The molecule has 0 bridgehead atoms. The Morgan fingerprint density at radius 1 is 1.29 bits per heavy atom. The minimum Gasteiger partial charge on any atom is -0.480 e. The van der Waals surface area contributed by atoms with Crippen LogP contribution in [0.15, 0.2) is 12.1 Å². The molecule has 1 rings (SSSR count). The Balaban J connectivity index is 3.74. The van der Waals surface area contributed by atoms with Crippen molar-refractivity contribution in [3.63, 3.8) is 0 Å². The van der Waals surface area contributed by atoms with Gasteiger partial charge in [-0.15, -0.1) is 0 Å². The SMILES string of the molecule is CCc1c([N+](=O)[O-])ccc(C(CC)(C(=O)O)C(=O)O)c1F. The molecule has 21 heavy (non-hydrogen) atoms. The van der Waals surface area contributed by atoms with E-state index in [2.05, 4.69) is 0 Å². The third kappa shape index (κ3) is 2.44. The second-order valence-electron chi connectivity index (χ2n) is 4.40. The molecule has 0 amide bonds. The van der Waals surface area contributed by atoms with Crippen LogP contribution in [0.25, 0.3) is 0 Å². The van der Waals surface area contributed by atoms with Crippen molar-refractivity contribution in [1.82, 2.24) is 0 Å². The zero-order valence-corrected chi connectivity index (χ0v) is 11.4. The van der Waals surface area contributed by atoms with Crippen molar-refractivity contribution < 1.29 is 29.1 Å². The van der Waals surface area contributed by atoms with E-state index in [1.165, 1.54) is 13.8 Å². The van der Waals surface area contributed by atoms with Gasteiger partial charge in [-0.2, -0.15) is 0 Å². The van der Waals surface area contributed by atoms with Gasteiger partial charge < -0.3 is 10.2 Å². The van der Waals surface area contributed by atoms with Gasteiger partial charge in [0.05, 0.1) is 10.5 Å².